The fourth-order valence-corrected chi connectivity index (χ4v) is 3.92. The van der Waals surface area contributed by atoms with Gasteiger partial charge in [0, 0.05) is 29.8 Å². The summed E-state index contributed by atoms with van der Waals surface area (Å²) in [6.07, 6.45) is 0.474. The van der Waals surface area contributed by atoms with Crippen LogP contribution in [0.5, 0.6) is 0 Å². The lowest BCUT2D eigenvalue weighted by Gasteiger charge is -2.57. The predicted molar refractivity (Wildman–Crippen MR) is 108 cm³/mol. The number of anilines is 2. The summed E-state index contributed by atoms with van der Waals surface area (Å²) in [4.78, 5) is 25.5. The van der Waals surface area contributed by atoms with Crippen molar-refractivity contribution in [2.75, 3.05) is 17.2 Å². The first-order valence-electron chi connectivity index (χ1n) is 8.95. The summed E-state index contributed by atoms with van der Waals surface area (Å²) in [5, 5.41) is 7.56. The van der Waals surface area contributed by atoms with Gasteiger partial charge in [0.15, 0.2) is 0 Å². The first-order chi connectivity index (χ1) is 12.8. The maximum absolute atomic E-state index is 12.7. The van der Waals surface area contributed by atoms with Crippen molar-refractivity contribution in [3.05, 3.63) is 46.7 Å². The minimum absolute atomic E-state index is 0.0203. The van der Waals surface area contributed by atoms with Crippen LogP contribution in [0.2, 0.25) is 0 Å². The highest BCUT2D eigenvalue weighted by Crippen LogP contribution is 2.50. The molecule has 1 aromatic heterocycles. The van der Waals surface area contributed by atoms with Crippen LogP contribution in [0.3, 0.4) is 0 Å². The molecule has 1 fully saturated rings. The van der Waals surface area contributed by atoms with E-state index in [0.29, 0.717) is 29.3 Å². The van der Waals surface area contributed by atoms with Gasteiger partial charge in [-0.1, -0.05) is 19.9 Å². The van der Waals surface area contributed by atoms with E-state index >= 15 is 0 Å². The molecule has 2 atom stereocenters. The van der Waals surface area contributed by atoms with E-state index in [1.54, 1.807) is 30.3 Å². The van der Waals surface area contributed by atoms with Crippen LogP contribution in [-0.4, -0.2) is 30.1 Å². The fourth-order valence-electron chi connectivity index (χ4n) is 3.30. The number of carbonyl (C=O) groups excluding carboxylic acids is 2. The van der Waals surface area contributed by atoms with Crippen LogP contribution in [0, 0.1) is 5.41 Å². The Morgan fingerprint density at radius 2 is 1.81 bits per heavy atom. The molecule has 2 amide bonds. The molecule has 1 heterocycles. The standard InChI is InChI=1S/C20H25N3O3S/c1-4-26-16-12-20(21,19(16,2)3)18(25)23-14-9-7-13(8-10-14)22-17(24)15-6-5-11-27-15/h5-11,16H,4,12,21H2,1-3H3,(H,22,24)(H,23,25). The van der Waals surface area contributed by atoms with Gasteiger partial charge in [-0.25, -0.2) is 0 Å². The zero-order chi connectivity index (χ0) is 19.7. The van der Waals surface area contributed by atoms with Crippen molar-refractivity contribution in [1.82, 2.24) is 0 Å². The molecule has 0 saturated heterocycles. The Bertz CT molecular complexity index is 818. The average Bonchev–Trinajstić information content (AvgIpc) is 3.17. The highest BCUT2D eigenvalue weighted by Gasteiger charge is 2.62. The van der Waals surface area contributed by atoms with Crippen molar-refractivity contribution >= 4 is 34.5 Å². The lowest BCUT2D eigenvalue weighted by Crippen LogP contribution is -2.74. The number of hydrogen-bond acceptors (Lipinski definition) is 5. The third-order valence-corrected chi connectivity index (χ3v) is 6.25. The maximum atomic E-state index is 12.7. The topological polar surface area (TPSA) is 93.4 Å². The fraction of sp³-hybridized carbons (Fsp3) is 0.400. The van der Waals surface area contributed by atoms with Gasteiger partial charge in [0.1, 0.15) is 5.54 Å². The van der Waals surface area contributed by atoms with Crippen LogP contribution >= 0.6 is 11.3 Å². The molecule has 7 heteroatoms. The van der Waals surface area contributed by atoms with E-state index < -0.39 is 11.0 Å². The molecule has 1 aliphatic carbocycles. The summed E-state index contributed by atoms with van der Waals surface area (Å²) in [5.41, 5.74) is 6.27. The molecule has 2 unspecified atom stereocenters. The van der Waals surface area contributed by atoms with E-state index in [1.807, 2.05) is 32.2 Å². The molecule has 1 saturated carbocycles. The number of nitrogens with one attached hydrogen (secondary N) is 2. The normalized spacial score (nSPS) is 23.3. The first-order valence-corrected chi connectivity index (χ1v) is 9.83. The summed E-state index contributed by atoms with van der Waals surface area (Å²) in [7, 11) is 0. The van der Waals surface area contributed by atoms with Crippen molar-refractivity contribution in [1.29, 1.82) is 0 Å². The molecular weight excluding hydrogens is 362 g/mol. The second-order valence-electron chi connectivity index (χ2n) is 7.30. The van der Waals surface area contributed by atoms with E-state index in [0.717, 1.165) is 0 Å². The van der Waals surface area contributed by atoms with Gasteiger partial charge in [-0.2, -0.15) is 0 Å². The summed E-state index contributed by atoms with van der Waals surface area (Å²) in [6, 6.07) is 10.6. The SMILES string of the molecule is CCOC1CC(N)(C(=O)Nc2ccc(NC(=O)c3cccs3)cc2)C1(C)C. The molecular formula is C20H25N3O3S. The van der Waals surface area contributed by atoms with Gasteiger partial charge in [-0.15, -0.1) is 11.3 Å². The zero-order valence-corrected chi connectivity index (χ0v) is 16.6. The molecule has 144 valence electrons. The molecule has 1 aliphatic rings. The number of thiophene rings is 1. The van der Waals surface area contributed by atoms with Gasteiger partial charge in [0.05, 0.1) is 11.0 Å². The quantitative estimate of drug-likeness (QED) is 0.707. The molecule has 2 aromatic rings. The minimum atomic E-state index is -0.973. The number of ether oxygens (including phenoxy) is 1. The smallest absolute Gasteiger partial charge is 0.265 e. The average molecular weight is 388 g/mol. The highest BCUT2D eigenvalue weighted by molar-refractivity contribution is 7.12. The Hall–Kier alpha value is -2.22. The van der Waals surface area contributed by atoms with Gasteiger partial charge in [-0.3, -0.25) is 9.59 Å². The van der Waals surface area contributed by atoms with Crippen molar-refractivity contribution in [3.63, 3.8) is 0 Å². The van der Waals surface area contributed by atoms with E-state index in [2.05, 4.69) is 10.6 Å². The van der Waals surface area contributed by atoms with Crippen LogP contribution in [0.1, 0.15) is 36.9 Å². The number of carbonyl (C=O) groups is 2. The predicted octanol–water partition coefficient (Wildman–Crippen LogP) is 3.47. The molecule has 1 aromatic carbocycles. The van der Waals surface area contributed by atoms with Gasteiger partial charge < -0.3 is 21.1 Å². The summed E-state index contributed by atoms with van der Waals surface area (Å²) < 4.78 is 5.67. The van der Waals surface area contributed by atoms with Crippen LogP contribution in [0.25, 0.3) is 0 Å². The minimum Gasteiger partial charge on any atom is -0.378 e. The van der Waals surface area contributed by atoms with E-state index in [-0.39, 0.29) is 17.9 Å². The summed E-state index contributed by atoms with van der Waals surface area (Å²) in [6.45, 7) is 6.45. The first kappa shape index (κ1) is 19.5. The Labute approximate surface area is 163 Å². The molecule has 0 bridgehead atoms. The zero-order valence-electron chi connectivity index (χ0n) is 15.7. The molecule has 4 N–H and O–H groups in total. The van der Waals surface area contributed by atoms with E-state index in [4.69, 9.17) is 10.5 Å². The van der Waals surface area contributed by atoms with Crippen LogP contribution < -0.4 is 16.4 Å². The maximum Gasteiger partial charge on any atom is 0.265 e. The molecule has 6 nitrogen and oxygen atoms in total. The largest absolute Gasteiger partial charge is 0.378 e. The second kappa shape index (κ2) is 7.42. The van der Waals surface area contributed by atoms with Crippen molar-refractivity contribution < 1.29 is 14.3 Å². The molecule has 0 spiro atoms. The van der Waals surface area contributed by atoms with Gasteiger partial charge in [-0.05, 0) is 42.6 Å². The van der Waals surface area contributed by atoms with Crippen molar-refractivity contribution in [3.8, 4) is 0 Å². The number of nitrogens with two attached hydrogens (primary N) is 1. The van der Waals surface area contributed by atoms with Crippen molar-refractivity contribution in [2.24, 2.45) is 11.1 Å². The lowest BCUT2D eigenvalue weighted by atomic mass is 9.54. The third-order valence-electron chi connectivity index (χ3n) is 5.38. The van der Waals surface area contributed by atoms with Crippen LogP contribution in [0.15, 0.2) is 41.8 Å². The number of benzene rings is 1. The number of amides is 2. The molecule has 3 rings (SSSR count). The number of rotatable bonds is 6. The van der Waals surface area contributed by atoms with Crippen LogP contribution in [0.4, 0.5) is 11.4 Å². The second-order valence-corrected chi connectivity index (χ2v) is 8.25. The van der Waals surface area contributed by atoms with Crippen LogP contribution in [-0.2, 0) is 9.53 Å². The third kappa shape index (κ3) is 3.63. The van der Waals surface area contributed by atoms with E-state index in [1.165, 1.54) is 11.3 Å². The Morgan fingerprint density at radius 1 is 1.19 bits per heavy atom. The molecule has 0 radical (unpaired) electrons. The Morgan fingerprint density at radius 3 is 2.33 bits per heavy atom. The van der Waals surface area contributed by atoms with Gasteiger partial charge in [0.2, 0.25) is 5.91 Å². The summed E-state index contributed by atoms with van der Waals surface area (Å²) >= 11 is 1.38. The molecule has 0 aliphatic heterocycles. The lowest BCUT2D eigenvalue weighted by molar-refractivity contribution is -0.166. The monoisotopic (exact) mass is 387 g/mol. The van der Waals surface area contributed by atoms with Gasteiger partial charge >= 0.3 is 0 Å². The number of hydrogen-bond donors (Lipinski definition) is 3. The van der Waals surface area contributed by atoms with E-state index in [9.17, 15) is 9.59 Å². The Kier molecular flexibility index (Phi) is 5.37. The molecule has 27 heavy (non-hydrogen) atoms. The van der Waals surface area contributed by atoms with Gasteiger partial charge in [0.25, 0.3) is 5.91 Å². The Balaban J connectivity index is 1.61. The van der Waals surface area contributed by atoms with Crippen molar-refractivity contribution in [2.45, 2.75) is 38.8 Å². The highest BCUT2D eigenvalue weighted by atomic mass is 32.1. The summed E-state index contributed by atoms with van der Waals surface area (Å²) in [5.74, 6) is -0.375.